The molecule has 3 nitrogen and oxygen atoms in total. The monoisotopic (exact) mass is 293 g/mol. The minimum absolute atomic E-state index is 0.0465. The van der Waals surface area contributed by atoms with Crippen molar-refractivity contribution in [3.63, 3.8) is 0 Å². The van der Waals surface area contributed by atoms with E-state index in [0.29, 0.717) is 13.0 Å². The van der Waals surface area contributed by atoms with Crippen molar-refractivity contribution in [2.75, 3.05) is 6.61 Å². The van der Waals surface area contributed by atoms with Crippen molar-refractivity contribution in [2.24, 2.45) is 0 Å². The average Bonchev–Trinajstić information content (AvgIpc) is 3.03. The van der Waals surface area contributed by atoms with Crippen molar-refractivity contribution in [1.29, 1.82) is 0 Å². The molecule has 1 unspecified atom stereocenters. The van der Waals surface area contributed by atoms with Gasteiger partial charge in [-0.15, -0.1) is 0 Å². The highest BCUT2D eigenvalue weighted by atomic mass is 16.5. The Hall–Kier alpha value is -2.13. The number of rotatable bonds is 2. The molecule has 1 amide bonds. The van der Waals surface area contributed by atoms with E-state index in [9.17, 15) is 4.79 Å². The molecule has 0 aliphatic carbocycles. The second-order valence-electron chi connectivity index (χ2n) is 6.01. The number of benzene rings is 2. The summed E-state index contributed by atoms with van der Waals surface area (Å²) in [5.41, 5.74) is 2.42. The predicted molar refractivity (Wildman–Crippen MR) is 84.2 cm³/mol. The summed E-state index contributed by atoms with van der Waals surface area (Å²) in [7, 11) is 0. The molecule has 2 aliphatic rings. The molecule has 0 N–H and O–H groups in total. The summed E-state index contributed by atoms with van der Waals surface area (Å²) >= 11 is 0. The average molecular weight is 293 g/mol. The lowest BCUT2D eigenvalue weighted by molar-refractivity contribution is -0.144. The Kier molecular flexibility index (Phi) is 3.43. The number of fused-ring (bicyclic) bond motifs is 1. The normalized spacial score (nSPS) is 27.7. The Bertz CT molecular complexity index is 656. The van der Waals surface area contributed by atoms with Gasteiger partial charge in [-0.3, -0.25) is 4.79 Å². The first kappa shape index (κ1) is 13.5. The fraction of sp³-hybridized carbons (Fsp3) is 0.316. The Morgan fingerprint density at radius 3 is 2.23 bits per heavy atom. The fourth-order valence-corrected chi connectivity index (χ4v) is 3.67. The van der Waals surface area contributed by atoms with Crippen LogP contribution in [0.4, 0.5) is 0 Å². The molecule has 22 heavy (non-hydrogen) atoms. The number of ether oxygens (including phenoxy) is 1. The van der Waals surface area contributed by atoms with E-state index in [1.165, 1.54) is 5.56 Å². The van der Waals surface area contributed by atoms with Crippen molar-refractivity contribution >= 4 is 5.91 Å². The number of carbonyl (C=O) groups is 1. The highest BCUT2D eigenvalue weighted by molar-refractivity contribution is 5.78. The number of carbonyl (C=O) groups excluding carboxylic acids is 1. The van der Waals surface area contributed by atoms with Gasteiger partial charge in [0.1, 0.15) is 6.23 Å². The summed E-state index contributed by atoms with van der Waals surface area (Å²) in [4.78, 5) is 14.5. The topological polar surface area (TPSA) is 29.5 Å². The highest BCUT2D eigenvalue weighted by Gasteiger charge is 2.45. The van der Waals surface area contributed by atoms with Gasteiger partial charge in [-0.1, -0.05) is 60.7 Å². The van der Waals surface area contributed by atoms with Crippen LogP contribution >= 0.6 is 0 Å². The minimum atomic E-state index is -0.131. The molecule has 2 aliphatic heterocycles. The van der Waals surface area contributed by atoms with Gasteiger partial charge in [0.25, 0.3) is 0 Å². The van der Waals surface area contributed by atoms with Gasteiger partial charge in [-0.25, -0.2) is 0 Å². The van der Waals surface area contributed by atoms with Crippen LogP contribution in [0.5, 0.6) is 0 Å². The molecule has 2 heterocycles. The summed E-state index contributed by atoms with van der Waals surface area (Å²) in [6.07, 6.45) is 1.34. The largest absolute Gasteiger partial charge is 0.355 e. The molecule has 112 valence electrons. The maximum absolute atomic E-state index is 12.5. The van der Waals surface area contributed by atoms with E-state index in [0.717, 1.165) is 12.0 Å². The number of nitrogens with zero attached hydrogens (tertiary/aromatic N) is 1. The maximum Gasteiger partial charge on any atom is 0.225 e. The molecule has 2 fully saturated rings. The summed E-state index contributed by atoms with van der Waals surface area (Å²) in [5, 5.41) is 0. The quantitative estimate of drug-likeness (QED) is 0.848. The summed E-state index contributed by atoms with van der Waals surface area (Å²) in [5.74, 6) is 0.483. The number of piperidine rings is 1. The lowest BCUT2D eigenvalue weighted by atomic mass is 9.88. The first-order valence-corrected chi connectivity index (χ1v) is 7.87. The van der Waals surface area contributed by atoms with E-state index >= 15 is 0 Å². The fourth-order valence-electron chi connectivity index (χ4n) is 3.67. The van der Waals surface area contributed by atoms with Gasteiger partial charge >= 0.3 is 0 Å². The Balaban J connectivity index is 1.66. The van der Waals surface area contributed by atoms with Crippen LogP contribution in [0, 0.1) is 0 Å². The molecule has 0 radical (unpaired) electrons. The van der Waals surface area contributed by atoms with Gasteiger partial charge < -0.3 is 9.64 Å². The van der Waals surface area contributed by atoms with Crippen LogP contribution in [0.2, 0.25) is 0 Å². The molecule has 0 aromatic heterocycles. The molecule has 3 heteroatoms. The van der Waals surface area contributed by atoms with E-state index in [-0.39, 0.29) is 24.1 Å². The second kappa shape index (κ2) is 5.58. The van der Waals surface area contributed by atoms with Crippen LogP contribution in [-0.4, -0.2) is 23.6 Å². The van der Waals surface area contributed by atoms with Gasteiger partial charge in [0.05, 0.1) is 12.6 Å². The van der Waals surface area contributed by atoms with Crippen molar-refractivity contribution in [3.05, 3.63) is 71.8 Å². The van der Waals surface area contributed by atoms with E-state index in [1.54, 1.807) is 0 Å². The van der Waals surface area contributed by atoms with Crippen molar-refractivity contribution < 1.29 is 9.53 Å². The standard InChI is InChI=1S/C19H19NO2/c21-18-12-11-16(14-7-3-1-4-8-14)19-20(18)17(13-22-19)15-9-5-2-6-10-15/h1-10,16-17,19H,11-13H2/t16-,17+,19?/m1/s1. The Morgan fingerprint density at radius 2 is 1.55 bits per heavy atom. The lowest BCUT2D eigenvalue weighted by Gasteiger charge is -2.38. The van der Waals surface area contributed by atoms with E-state index in [1.807, 2.05) is 29.2 Å². The van der Waals surface area contributed by atoms with Crippen LogP contribution in [-0.2, 0) is 9.53 Å². The zero-order chi connectivity index (χ0) is 14.9. The van der Waals surface area contributed by atoms with E-state index in [4.69, 9.17) is 4.74 Å². The molecule has 2 aromatic rings. The summed E-state index contributed by atoms with van der Waals surface area (Å²) < 4.78 is 6.07. The first-order chi connectivity index (χ1) is 10.8. The number of amides is 1. The molecule has 0 bridgehead atoms. The lowest BCUT2D eigenvalue weighted by Crippen LogP contribution is -2.45. The third-order valence-corrected chi connectivity index (χ3v) is 4.75. The molecule has 2 aromatic carbocycles. The summed E-state index contributed by atoms with van der Waals surface area (Å²) in [6, 6.07) is 20.7. The number of hydrogen-bond donors (Lipinski definition) is 0. The van der Waals surface area contributed by atoms with Gasteiger partial charge in [-0.2, -0.15) is 0 Å². The Morgan fingerprint density at radius 1 is 0.909 bits per heavy atom. The number of hydrogen-bond acceptors (Lipinski definition) is 2. The van der Waals surface area contributed by atoms with Crippen LogP contribution < -0.4 is 0 Å². The molecule has 0 spiro atoms. The van der Waals surface area contributed by atoms with Crippen LogP contribution in [0.25, 0.3) is 0 Å². The molecular formula is C19H19NO2. The van der Waals surface area contributed by atoms with Crippen LogP contribution in [0.3, 0.4) is 0 Å². The SMILES string of the molecule is O=C1CC[C@H](c2ccccc2)C2OC[C@@H](c3ccccc3)N12. The van der Waals surface area contributed by atoms with Gasteiger partial charge in [-0.05, 0) is 17.5 Å². The Labute approximate surface area is 130 Å². The second-order valence-corrected chi connectivity index (χ2v) is 6.01. The third-order valence-electron chi connectivity index (χ3n) is 4.75. The van der Waals surface area contributed by atoms with Gasteiger partial charge in [0, 0.05) is 12.3 Å². The highest BCUT2D eigenvalue weighted by Crippen LogP contribution is 2.42. The van der Waals surface area contributed by atoms with Gasteiger partial charge in [0.2, 0.25) is 5.91 Å². The molecule has 4 rings (SSSR count). The third kappa shape index (κ3) is 2.22. The molecule has 0 saturated carbocycles. The van der Waals surface area contributed by atoms with Crippen molar-refractivity contribution in [3.8, 4) is 0 Å². The van der Waals surface area contributed by atoms with Gasteiger partial charge in [0.15, 0.2) is 0 Å². The van der Waals surface area contributed by atoms with Crippen LogP contribution in [0.15, 0.2) is 60.7 Å². The maximum atomic E-state index is 12.5. The molecule has 2 saturated heterocycles. The van der Waals surface area contributed by atoms with Crippen molar-refractivity contribution in [1.82, 2.24) is 4.90 Å². The summed E-state index contributed by atoms with van der Waals surface area (Å²) in [6.45, 7) is 0.587. The molecule has 3 atom stereocenters. The zero-order valence-electron chi connectivity index (χ0n) is 12.4. The van der Waals surface area contributed by atoms with E-state index < -0.39 is 0 Å². The predicted octanol–water partition coefficient (Wildman–Crippen LogP) is 3.49. The zero-order valence-corrected chi connectivity index (χ0v) is 12.4. The smallest absolute Gasteiger partial charge is 0.225 e. The molecular weight excluding hydrogens is 274 g/mol. The van der Waals surface area contributed by atoms with Crippen LogP contribution in [0.1, 0.15) is 35.9 Å². The minimum Gasteiger partial charge on any atom is -0.355 e. The van der Waals surface area contributed by atoms with E-state index in [2.05, 4.69) is 36.4 Å². The first-order valence-electron chi connectivity index (χ1n) is 7.87. The van der Waals surface area contributed by atoms with Crippen molar-refractivity contribution in [2.45, 2.75) is 31.0 Å².